The van der Waals surface area contributed by atoms with Gasteiger partial charge in [-0.05, 0) is 36.8 Å². The van der Waals surface area contributed by atoms with Crippen LogP contribution in [0.5, 0.6) is 5.75 Å². The maximum absolute atomic E-state index is 12.8. The Morgan fingerprint density at radius 3 is 2.62 bits per heavy atom. The van der Waals surface area contributed by atoms with Crippen LogP contribution in [0, 0.1) is 0 Å². The Labute approximate surface area is 195 Å². The molecule has 174 valence electrons. The molecule has 12 heteroatoms. The molecule has 3 N–H and O–H groups in total. The second kappa shape index (κ2) is 9.38. The third kappa shape index (κ3) is 4.49. The Balaban J connectivity index is 1.52. The van der Waals surface area contributed by atoms with Crippen LogP contribution in [0.2, 0.25) is 0 Å². The molecule has 3 aromatic heterocycles. The second-order valence-electron chi connectivity index (χ2n) is 8.03. The van der Waals surface area contributed by atoms with Gasteiger partial charge in [0.15, 0.2) is 21.6 Å². The summed E-state index contributed by atoms with van der Waals surface area (Å²) in [6, 6.07) is 1.94. The van der Waals surface area contributed by atoms with Crippen molar-refractivity contribution in [2.24, 2.45) is 0 Å². The van der Waals surface area contributed by atoms with Gasteiger partial charge in [-0.3, -0.25) is 0 Å². The van der Waals surface area contributed by atoms with E-state index < -0.39 is 10.0 Å². The molecule has 0 aliphatic carbocycles. The molecule has 1 aliphatic heterocycles. The molecule has 0 unspecified atom stereocenters. The lowest BCUT2D eigenvalue weighted by atomic mass is 10.1. The first-order valence-electron chi connectivity index (χ1n) is 10.6. The van der Waals surface area contributed by atoms with Crippen molar-refractivity contribution in [3.63, 3.8) is 0 Å². The fourth-order valence-electron chi connectivity index (χ4n) is 3.54. The molecular formula is C20H27N5O4S3. The van der Waals surface area contributed by atoms with Crippen molar-refractivity contribution in [3.05, 3.63) is 29.0 Å². The first-order chi connectivity index (χ1) is 15.3. The van der Waals surface area contributed by atoms with Crippen molar-refractivity contribution in [2.75, 3.05) is 23.7 Å². The van der Waals surface area contributed by atoms with E-state index in [0.717, 1.165) is 53.7 Å². The first-order valence-corrected chi connectivity index (χ1v) is 13.6. The zero-order valence-electron chi connectivity index (χ0n) is 18.2. The van der Waals surface area contributed by atoms with Gasteiger partial charge in [-0.1, -0.05) is 20.8 Å². The number of furan rings is 1. The standard InChI is InChI=1S/C20H27N5O4S3/c1-4-14(16-9-13(10-29-16)12(2)3)21-18-19(24-31-23-18)22-15-11-30-20(17(15)26)32(27,28)25-7-5-6-8-25/h9-12,14,26H,4-8H2,1-3H3,(H,21,23)(H,22,24)/t14-/m1/s1. The smallest absolute Gasteiger partial charge is 0.256 e. The van der Waals surface area contributed by atoms with Gasteiger partial charge in [-0.2, -0.15) is 13.1 Å². The number of thiophene rings is 1. The predicted octanol–water partition coefficient (Wildman–Crippen LogP) is 5.11. The van der Waals surface area contributed by atoms with E-state index in [1.54, 1.807) is 11.6 Å². The maximum atomic E-state index is 12.8. The normalized spacial score (nSPS) is 16.0. The number of anilines is 3. The maximum Gasteiger partial charge on any atom is 0.256 e. The number of rotatable bonds is 9. The van der Waals surface area contributed by atoms with Crippen molar-refractivity contribution < 1.29 is 17.9 Å². The lowest BCUT2D eigenvalue weighted by Crippen LogP contribution is -2.27. The number of hydrogen-bond donors (Lipinski definition) is 3. The molecule has 32 heavy (non-hydrogen) atoms. The van der Waals surface area contributed by atoms with Crippen LogP contribution in [-0.2, 0) is 10.0 Å². The van der Waals surface area contributed by atoms with E-state index in [4.69, 9.17) is 4.42 Å². The molecule has 0 bridgehead atoms. The quantitative estimate of drug-likeness (QED) is 0.373. The molecular weight excluding hydrogens is 470 g/mol. The van der Waals surface area contributed by atoms with E-state index in [-0.39, 0.29) is 21.7 Å². The minimum absolute atomic E-state index is 0.0529. The summed E-state index contributed by atoms with van der Waals surface area (Å²) in [5.74, 6) is 1.82. The van der Waals surface area contributed by atoms with Crippen molar-refractivity contribution in [3.8, 4) is 5.75 Å². The van der Waals surface area contributed by atoms with E-state index >= 15 is 0 Å². The summed E-state index contributed by atoms with van der Waals surface area (Å²) in [5.41, 5.74) is 1.42. The van der Waals surface area contributed by atoms with Crippen LogP contribution in [0.1, 0.15) is 63.3 Å². The number of sulfonamides is 1. The summed E-state index contributed by atoms with van der Waals surface area (Å²) in [7, 11) is -3.70. The van der Waals surface area contributed by atoms with Gasteiger partial charge in [0.2, 0.25) is 0 Å². The fourth-order valence-corrected chi connectivity index (χ4v) is 6.90. The van der Waals surface area contributed by atoms with Gasteiger partial charge in [-0.25, -0.2) is 8.42 Å². The molecule has 1 fully saturated rings. The molecule has 0 saturated carbocycles. The Kier molecular flexibility index (Phi) is 6.75. The topological polar surface area (TPSA) is 121 Å². The molecule has 4 heterocycles. The minimum Gasteiger partial charge on any atom is -0.504 e. The molecule has 0 radical (unpaired) electrons. The third-order valence-electron chi connectivity index (χ3n) is 5.48. The Morgan fingerprint density at radius 2 is 1.97 bits per heavy atom. The van der Waals surface area contributed by atoms with E-state index in [2.05, 4.69) is 33.2 Å². The van der Waals surface area contributed by atoms with Crippen LogP contribution in [0.15, 0.2) is 26.3 Å². The highest BCUT2D eigenvalue weighted by atomic mass is 32.2. The van der Waals surface area contributed by atoms with Gasteiger partial charge in [0.05, 0.1) is 29.7 Å². The van der Waals surface area contributed by atoms with Gasteiger partial charge >= 0.3 is 0 Å². The van der Waals surface area contributed by atoms with Gasteiger partial charge in [-0.15, -0.1) is 11.3 Å². The van der Waals surface area contributed by atoms with Gasteiger partial charge < -0.3 is 20.2 Å². The molecule has 3 aromatic rings. The van der Waals surface area contributed by atoms with E-state index in [0.29, 0.717) is 30.6 Å². The average molecular weight is 498 g/mol. The summed E-state index contributed by atoms with van der Waals surface area (Å²) in [6.07, 6.45) is 4.21. The number of aromatic nitrogens is 2. The molecule has 9 nitrogen and oxygen atoms in total. The number of nitrogens with one attached hydrogen (secondary N) is 2. The third-order valence-corrected chi connectivity index (χ3v) is 9.40. The van der Waals surface area contributed by atoms with Crippen LogP contribution in [0.3, 0.4) is 0 Å². The van der Waals surface area contributed by atoms with Crippen LogP contribution >= 0.6 is 23.1 Å². The molecule has 0 spiro atoms. The van der Waals surface area contributed by atoms with Crippen molar-refractivity contribution in [1.29, 1.82) is 0 Å². The molecule has 0 amide bonds. The highest BCUT2D eigenvalue weighted by molar-refractivity contribution is 7.91. The summed E-state index contributed by atoms with van der Waals surface area (Å²) in [6.45, 7) is 7.23. The molecule has 1 aliphatic rings. The highest BCUT2D eigenvalue weighted by Crippen LogP contribution is 2.42. The minimum atomic E-state index is -3.70. The summed E-state index contributed by atoms with van der Waals surface area (Å²) in [5, 5.41) is 18.6. The lowest BCUT2D eigenvalue weighted by molar-refractivity contribution is 0.451. The Bertz CT molecular complexity index is 1160. The summed E-state index contributed by atoms with van der Waals surface area (Å²) < 4.78 is 41.4. The zero-order valence-corrected chi connectivity index (χ0v) is 20.6. The SMILES string of the molecule is CC[C@@H](Nc1nsnc1Nc1csc(S(=O)(=O)N2CCCC2)c1O)c1cc(C(C)C)co1. The number of hydrogen-bond acceptors (Lipinski definition) is 10. The Morgan fingerprint density at radius 1 is 1.25 bits per heavy atom. The van der Waals surface area contributed by atoms with Crippen molar-refractivity contribution in [1.82, 2.24) is 13.1 Å². The van der Waals surface area contributed by atoms with E-state index in [1.165, 1.54) is 4.31 Å². The van der Waals surface area contributed by atoms with E-state index in [1.807, 2.05) is 13.0 Å². The van der Waals surface area contributed by atoms with Crippen molar-refractivity contribution >= 4 is 50.4 Å². The van der Waals surface area contributed by atoms with Crippen molar-refractivity contribution in [2.45, 2.75) is 56.2 Å². The fraction of sp³-hybridized carbons (Fsp3) is 0.500. The molecule has 1 atom stereocenters. The monoisotopic (exact) mass is 497 g/mol. The van der Waals surface area contributed by atoms with E-state index in [9.17, 15) is 13.5 Å². The van der Waals surface area contributed by atoms with Crippen LogP contribution in [0.4, 0.5) is 17.3 Å². The summed E-state index contributed by atoms with van der Waals surface area (Å²) in [4.78, 5) is 0. The Hall–Kier alpha value is -2.15. The first kappa shape index (κ1) is 23.0. The van der Waals surface area contributed by atoms with Crippen LogP contribution in [-0.4, -0.2) is 39.7 Å². The van der Waals surface area contributed by atoms with Gasteiger partial charge in [0.25, 0.3) is 10.0 Å². The van der Waals surface area contributed by atoms with Gasteiger partial charge in [0.1, 0.15) is 5.76 Å². The highest BCUT2D eigenvalue weighted by Gasteiger charge is 2.32. The zero-order chi connectivity index (χ0) is 22.9. The number of aromatic hydroxyl groups is 1. The van der Waals surface area contributed by atoms with Crippen LogP contribution in [0.25, 0.3) is 0 Å². The van der Waals surface area contributed by atoms with Crippen LogP contribution < -0.4 is 10.6 Å². The second-order valence-corrected chi connectivity index (χ2v) is 11.6. The summed E-state index contributed by atoms with van der Waals surface area (Å²) >= 11 is 2.02. The average Bonchev–Trinajstić information content (AvgIpc) is 3.55. The molecule has 0 aromatic carbocycles. The predicted molar refractivity (Wildman–Crippen MR) is 127 cm³/mol. The lowest BCUT2D eigenvalue weighted by Gasteiger charge is -2.15. The number of nitrogens with zero attached hydrogens (tertiary/aromatic N) is 3. The molecule has 1 saturated heterocycles. The largest absolute Gasteiger partial charge is 0.504 e. The molecule has 4 rings (SSSR count). The van der Waals surface area contributed by atoms with Gasteiger partial charge in [0, 0.05) is 18.5 Å².